The molecule has 4 rings (SSSR count). The molecule has 2 amide bonds. The lowest BCUT2D eigenvalue weighted by atomic mass is 10.1. The van der Waals surface area contributed by atoms with Gasteiger partial charge in [-0.25, -0.2) is 0 Å². The number of carbonyl (C=O) groups excluding carboxylic acids is 2. The van der Waals surface area contributed by atoms with Gasteiger partial charge in [0.25, 0.3) is 5.91 Å². The Bertz CT molecular complexity index is 1170. The van der Waals surface area contributed by atoms with Crippen molar-refractivity contribution >= 4 is 38.5 Å². The van der Waals surface area contributed by atoms with Gasteiger partial charge in [0.1, 0.15) is 11.8 Å². The zero-order chi connectivity index (χ0) is 24.8. The predicted octanol–water partition coefficient (Wildman–Crippen LogP) is 6.16. The zero-order valence-electron chi connectivity index (χ0n) is 20.4. The summed E-state index contributed by atoms with van der Waals surface area (Å²) >= 11 is 3.63. The van der Waals surface area contributed by atoms with Gasteiger partial charge in [-0.2, -0.15) is 0 Å². The van der Waals surface area contributed by atoms with Crippen LogP contribution < -0.4 is 10.1 Å². The van der Waals surface area contributed by atoms with Crippen LogP contribution in [0.1, 0.15) is 50.2 Å². The Morgan fingerprint density at radius 3 is 2.49 bits per heavy atom. The van der Waals surface area contributed by atoms with Gasteiger partial charge in [-0.1, -0.05) is 79.9 Å². The molecule has 0 unspecified atom stereocenters. The van der Waals surface area contributed by atoms with Crippen LogP contribution in [-0.4, -0.2) is 35.4 Å². The van der Waals surface area contributed by atoms with E-state index in [1.807, 2.05) is 74.5 Å². The van der Waals surface area contributed by atoms with Crippen LogP contribution in [0.2, 0.25) is 0 Å². The first-order valence-corrected chi connectivity index (χ1v) is 13.2. The standard InChI is InChI=1S/C29H33BrN2O3/c1-3-25(29(34)31-23-9-5-6-10-23)32(18-21-14-12-20(2)13-15-21)27(33)19-35-26-17-16-22-8-4-7-11-24(22)28(26)30/h4,7-8,11-17,23,25H,3,5-6,9-10,18-19H2,1-2H3,(H,31,34)/t25-/m1/s1. The van der Waals surface area contributed by atoms with Gasteiger partial charge >= 0.3 is 0 Å². The number of nitrogens with zero attached hydrogens (tertiary/aromatic N) is 1. The van der Waals surface area contributed by atoms with Crippen molar-refractivity contribution in [3.8, 4) is 5.75 Å². The van der Waals surface area contributed by atoms with E-state index < -0.39 is 6.04 Å². The molecule has 1 saturated carbocycles. The molecular formula is C29H33BrN2O3. The number of nitrogens with one attached hydrogen (secondary N) is 1. The van der Waals surface area contributed by atoms with Crippen molar-refractivity contribution in [2.75, 3.05) is 6.61 Å². The van der Waals surface area contributed by atoms with Gasteiger partial charge in [0, 0.05) is 12.6 Å². The smallest absolute Gasteiger partial charge is 0.261 e. The first-order valence-electron chi connectivity index (χ1n) is 12.4. The van der Waals surface area contributed by atoms with E-state index in [1.54, 1.807) is 4.90 Å². The first kappa shape index (κ1) is 25.2. The first-order chi connectivity index (χ1) is 17.0. The molecular weight excluding hydrogens is 504 g/mol. The van der Waals surface area contributed by atoms with Crippen molar-refractivity contribution in [3.05, 3.63) is 76.3 Å². The van der Waals surface area contributed by atoms with E-state index in [4.69, 9.17) is 4.74 Å². The molecule has 1 fully saturated rings. The molecule has 0 heterocycles. The van der Waals surface area contributed by atoms with Gasteiger partial charge in [-0.3, -0.25) is 9.59 Å². The molecule has 35 heavy (non-hydrogen) atoms. The Morgan fingerprint density at radius 1 is 1.06 bits per heavy atom. The Morgan fingerprint density at radius 2 is 1.77 bits per heavy atom. The van der Waals surface area contributed by atoms with E-state index in [0.717, 1.165) is 52.1 Å². The van der Waals surface area contributed by atoms with Crippen molar-refractivity contribution in [1.82, 2.24) is 10.2 Å². The Kier molecular flexibility index (Phi) is 8.45. The van der Waals surface area contributed by atoms with Crippen LogP contribution in [0.4, 0.5) is 0 Å². The number of aryl methyl sites for hydroxylation is 1. The lowest BCUT2D eigenvalue weighted by Crippen LogP contribution is -2.52. The van der Waals surface area contributed by atoms with Crippen molar-refractivity contribution in [2.24, 2.45) is 0 Å². The van der Waals surface area contributed by atoms with E-state index in [9.17, 15) is 9.59 Å². The minimum absolute atomic E-state index is 0.0771. The molecule has 1 aliphatic carbocycles. The van der Waals surface area contributed by atoms with Crippen LogP contribution in [0.15, 0.2) is 65.1 Å². The molecule has 6 heteroatoms. The maximum absolute atomic E-state index is 13.5. The lowest BCUT2D eigenvalue weighted by molar-refractivity contribution is -0.143. The second-order valence-electron chi connectivity index (χ2n) is 9.31. The summed E-state index contributed by atoms with van der Waals surface area (Å²) in [6, 6.07) is 19.6. The summed E-state index contributed by atoms with van der Waals surface area (Å²) in [5.74, 6) is 0.321. The monoisotopic (exact) mass is 536 g/mol. The van der Waals surface area contributed by atoms with Crippen LogP contribution in [0.25, 0.3) is 10.8 Å². The molecule has 1 aliphatic rings. The van der Waals surface area contributed by atoms with Gasteiger partial charge < -0.3 is 15.0 Å². The molecule has 1 N–H and O–H groups in total. The van der Waals surface area contributed by atoms with E-state index in [1.165, 1.54) is 0 Å². The number of carbonyl (C=O) groups is 2. The molecule has 0 spiro atoms. The number of fused-ring (bicyclic) bond motifs is 1. The molecule has 0 bridgehead atoms. The molecule has 3 aromatic rings. The quantitative estimate of drug-likeness (QED) is 0.356. The second kappa shape index (κ2) is 11.7. The molecule has 1 atom stereocenters. The zero-order valence-corrected chi connectivity index (χ0v) is 22.0. The topological polar surface area (TPSA) is 58.6 Å². The van der Waals surface area contributed by atoms with Gasteiger partial charge in [-0.15, -0.1) is 0 Å². The van der Waals surface area contributed by atoms with Crippen LogP contribution in [-0.2, 0) is 16.1 Å². The number of hydrogen-bond acceptors (Lipinski definition) is 3. The van der Waals surface area contributed by atoms with Crippen molar-refractivity contribution < 1.29 is 14.3 Å². The summed E-state index contributed by atoms with van der Waals surface area (Å²) in [4.78, 5) is 28.4. The number of hydrogen-bond donors (Lipinski definition) is 1. The fraction of sp³-hybridized carbons (Fsp3) is 0.379. The van der Waals surface area contributed by atoms with Crippen LogP contribution in [0.5, 0.6) is 5.75 Å². The third kappa shape index (κ3) is 6.23. The number of amides is 2. The van der Waals surface area contributed by atoms with Gasteiger partial charge in [0.15, 0.2) is 6.61 Å². The summed E-state index contributed by atoms with van der Waals surface area (Å²) in [6.07, 6.45) is 4.83. The van der Waals surface area contributed by atoms with Crippen molar-refractivity contribution in [1.29, 1.82) is 0 Å². The van der Waals surface area contributed by atoms with Gasteiger partial charge in [0.05, 0.1) is 4.47 Å². The third-order valence-corrected chi connectivity index (χ3v) is 7.56. The molecule has 184 valence electrons. The number of ether oxygens (including phenoxy) is 1. The highest BCUT2D eigenvalue weighted by molar-refractivity contribution is 9.10. The number of benzene rings is 3. The Hall–Kier alpha value is -2.86. The van der Waals surface area contributed by atoms with Gasteiger partial charge in [-0.05, 0) is 64.5 Å². The lowest BCUT2D eigenvalue weighted by Gasteiger charge is -2.31. The average molecular weight is 537 g/mol. The third-order valence-electron chi connectivity index (χ3n) is 6.74. The highest BCUT2D eigenvalue weighted by atomic mass is 79.9. The van der Waals surface area contributed by atoms with Crippen molar-refractivity contribution in [3.63, 3.8) is 0 Å². The summed E-state index contributed by atoms with van der Waals surface area (Å²) < 4.78 is 6.80. The molecule has 0 aliphatic heterocycles. The molecule has 3 aromatic carbocycles. The minimum atomic E-state index is -0.548. The van der Waals surface area contributed by atoms with Crippen LogP contribution in [0.3, 0.4) is 0 Å². The normalized spacial score (nSPS) is 14.6. The second-order valence-corrected chi connectivity index (χ2v) is 10.1. The summed E-state index contributed by atoms with van der Waals surface area (Å²) in [5.41, 5.74) is 2.14. The molecule has 5 nitrogen and oxygen atoms in total. The summed E-state index contributed by atoms with van der Waals surface area (Å²) in [5, 5.41) is 5.30. The van der Waals surface area contributed by atoms with Gasteiger partial charge in [0.2, 0.25) is 5.91 Å². The largest absolute Gasteiger partial charge is 0.483 e. The van der Waals surface area contributed by atoms with Crippen molar-refractivity contribution in [2.45, 2.75) is 64.6 Å². The highest BCUT2D eigenvalue weighted by Crippen LogP contribution is 2.33. The summed E-state index contributed by atoms with van der Waals surface area (Å²) in [6.45, 7) is 4.20. The minimum Gasteiger partial charge on any atom is -0.483 e. The van der Waals surface area contributed by atoms with E-state index in [0.29, 0.717) is 18.7 Å². The van der Waals surface area contributed by atoms with E-state index in [2.05, 4.69) is 21.2 Å². The van der Waals surface area contributed by atoms with E-state index in [-0.39, 0.29) is 24.5 Å². The summed E-state index contributed by atoms with van der Waals surface area (Å²) in [7, 11) is 0. The fourth-order valence-corrected chi connectivity index (χ4v) is 5.33. The fourth-order valence-electron chi connectivity index (χ4n) is 4.72. The van der Waals surface area contributed by atoms with Crippen LogP contribution >= 0.6 is 15.9 Å². The molecule has 0 saturated heterocycles. The maximum Gasteiger partial charge on any atom is 0.261 e. The Labute approximate surface area is 216 Å². The average Bonchev–Trinajstić information content (AvgIpc) is 3.37. The molecule has 0 aromatic heterocycles. The molecule has 0 radical (unpaired) electrons. The number of halogens is 1. The highest BCUT2D eigenvalue weighted by Gasteiger charge is 2.31. The maximum atomic E-state index is 13.5. The van der Waals surface area contributed by atoms with Crippen LogP contribution in [0, 0.1) is 6.92 Å². The Balaban J connectivity index is 1.53. The van der Waals surface area contributed by atoms with E-state index >= 15 is 0 Å². The SMILES string of the molecule is CC[C@H](C(=O)NC1CCCC1)N(Cc1ccc(C)cc1)C(=O)COc1ccc2ccccc2c1Br. The predicted molar refractivity (Wildman–Crippen MR) is 143 cm³/mol. The number of rotatable bonds is 9.